The van der Waals surface area contributed by atoms with Crippen LogP contribution in [0.1, 0.15) is 25.0 Å². The van der Waals surface area contributed by atoms with Gasteiger partial charge in [-0.1, -0.05) is 25.1 Å². The van der Waals surface area contributed by atoms with Crippen molar-refractivity contribution in [3.05, 3.63) is 53.6 Å². The van der Waals surface area contributed by atoms with Gasteiger partial charge in [0, 0.05) is 18.0 Å². The van der Waals surface area contributed by atoms with Crippen LogP contribution < -0.4 is 15.4 Å². The predicted octanol–water partition coefficient (Wildman–Crippen LogP) is 4.02. The highest BCUT2D eigenvalue weighted by molar-refractivity contribution is 5.95. The Morgan fingerprint density at radius 1 is 1.04 bits per heavy atom. The van der Waals surface area contributed by atoms with Gasteiger partial charge in [0.05, 0.1) is 13.2 Å². The summed E-state index contributed by atoms with van der Waals surface area (Å²) in [5.74, 6) is 0.721. The molecule has 0 unspecified atom stereocenters. The molecule has 2 aromatic rings. The minimum absolute atomic E-state index is 0.0639. The molecule has 26 heavy (non-hydrogen) atoms. The average Bonchev–Trinajstić information content (AvgIpc) is 2.66. The fraction of sp³-hybridized carbons (Fsp3) is 0.381. The summed E-state index contributed by atoms with van der Waals surface area (Å²) in [7, 11) is 0. The number of aryl methyl sites for hydroxylation is 2. The first-order chi connectivity index (χ1) is 12.6. The Morgan fingerprint density at radius 2 is 1.81 bits per heavy atom. The summed E-state index contributed by atoms with van der Waals surface area (Å²) >= 11 is 0. The highest BCUT2D eigenvalue weighted by atomic mass is 16.5. The van der Waals surface area contributed by atoms with Crippen molar-refractivity contribution < 1.29 is 14.3 Å². The lowest BCUT2D eigenvalue weighted by atomic mass is 10.1. The van der Waals surface area contributed by atoms with Crippen LogP contribution in [0, 0.1) is 6.92 Å². The van der Waals surface area contributed by atoms with Gasteiger partial charge in [0.25, 0.3) is 0 Å². The van der Waals surface area contributed by atoms with Crippen molar-refractivity contribution in [1.82, 2.24) is 0 Å². The number of rotatable bonds is 10. The van der Waals surface area contributed by atoms with Gasteiger partial charge in [0.15, 0.2) is 0 Å². The summed E-state index contributed by atoms with van der Waals surface area (Å²) in [6.07, 6.45) is 0.884. The van der Waals surface area contributed by atoms with E-state index in [1.807, 2.05) is 56.3 Å². The van der Waals surface area contributed by atoms with Crippen LogP contribution in [0.4, 0.5) is 11.4 Å². The third-order valence-electron chi connectivity index (χ3n) is 4.01. The van der Waals surface area contributed by atoms with Crippen LogP contribution in [-0.4, -0.2) is 32.3 Å². The van der Waals surface area contributed by atoms with Gasteiger partial charge in [-0.3, -0.25) is 4.79 Å². The van der Waals surface area contributed by atoms with Gasteiger partial charge in [-0.25, -0.2) is 0 Å². The topological polar surface area (TPSA) is 59.6 Å². The van der Waals surface area contributed by atoms with E-state index in [0.717, 1.165) is 34.7 Å². The number of hydrogen-bond acceptors (Lipinski definition) is 4. The first-order valence-electron chi connectivity index (χ1n) is 9.06. The number of hydrogen-bond donors (Lipinski definition) is 2. The molecular weight excluding hydrogens is 328 g/mol. The molecule has 0 aliphatic heterocycles. The lowest BCUT2D eigenvalue weighted by Gasteiger charge is -2.14. The van der Waals surface area contributed by atoms with E-state index in [0.29, 0.717) is 19.8 Å². The summed E-state index contributed by atoms with van der Waals surface area (Å²) in [6.45, 7) is 8.05. The molecule has 0 bridgehead atoms. The molecule has 2 rings (SSSR count). The minimum atomic E-state index is -0.0639. The highest BCUT2D eigenvalue weighted by Gasteiger charge is 2.08. The van der Waals surface area contributed by atoms with Gasteiger partial charge in [0.1, 0.15) is 12.4 Å². The molecule has 0 radical (unpaired) electrons. The Hall–Kier alpha value is -2.53. The average molecular weight is 356 g/mol. The van der Waals surface area contributed by atoms with Crippen LogP contribution in [0.3, 0.4) is 0 Å². The van der Waals surface area contributed by atoms with Crippen LogP contribution in [0.15, 0.2) is 42.5 Å². The maximum atomic E-state index is 12.3. The SMILES string of the molecule is CCOCCOc1ccc(NCC(=O)Nc2c(C)cccc2CC)cc1. The number of para-hydroxylation sites is 1. The number of anilines is 2. The molecule has 0 heterocycles. The number of nitrogens with one attached hydrogen (secondary N) is 2. The number of amides is 1. The molecular formula is C21H28N2O3. The van der Waals surface area contributed by atoms with E-state index in [1.165, 1.54) is 0 Å². The molecule has 5 heteroatoms. The Labute approximate surface area is 155 Å². The smallest absolute Gasteiger partial charge is 0.243 e. The molecule has 0 saturated heterocycles. The Morgan fingerprint density at radius 3 is 2.50 bits per heavy atom. The number of carbonyl (C=O) groups is 1. The third-order valence-corrected chi connectivity index (χ3v) is 4.01. The maximum absolute atomic E-state index is 12.3. The standard InChI is InChI=1S/C21H28N2O3/c1-4-17-8-6-7-16(3)21(17)23-20(24)15-22-18-9-11-19(12-10-18)26-14-13-25-5-2/h6-12,22H,4-5,13-15H2,1-3H3,(H,23,24). The lowest BCUT2D eigenvalue weighted by molar-refractivity contribution is -0.114. The zero-order valence-corrected chi connectivity index (χ0v) is 15.8. The Bertz CT molecular complexity index is 699. The molecule has 0 aromatic heterocycles. The van der Waals surface area contributed by atoms with E-state index < -0.39 is 0 Å². The zero-order valence-electron chi connectivity index (χ0n) is 15.8. The first-order valence-corrected chi connectivity index (χ1v) is 9.06. The van der Waals surface area contributed by atoms with Crippen LogP contribution in [0.5, 0.6) is 5.75 Å². The van der Waals surface area contributed by atoms with Crippen LogP contribution >= 0.6 is 0 Å². The molecule has 0 atom stereocenters. The second kappa shape index (κ2) is 10.5. The molecule has 140 valence electrons. The molecule has 0 saturated carbocycles. The normalized spacial score (nSPS) is 10.4. The largest absolute Gasteiger partial charge is 0.491 e. The second-order valence-electron chi connectivity index (χ2n) is 5.93. The van der Waals surface area contributed by atoms with Gasteiger partial charge in [-0.2, -0.15) is 0 Å². The fourth-order valence-electron chi connectivity index (χ4n) is 2.60. The van der Waals surface area contributed by atoms with E-state index in [9.17, 15) is 4.79 Å². The predicted molar refractivity (Wildman–Crippen MR) is 106 cm³/mol. The Balaban J connectivity index is 1.82. The van der Waals surface area contributed by atoms with Crippen molar-refractivity contribution in [1.29, 1.82) is 0 Å². The van der Waals surface area contributed by atoms with E-state index >= 15 is 0 Å². The van der Waals surface area contributed by atoms with Crippen molar-refractivity contribution in [2.24, 2.45) is 0 Å². The number of ether oxygens (including phenoxy) is 2. The van der Waals surface area contributed by atoms with Crippen molar-refractivity contribution in [3.63, 3.8) is 0 Å². The summed E-state index contributed by atoms with van der Waals surface area (Å²) in [5.41, 5.74) is 4.01. The van der Waals surface area contributed by atoms with Gasteiger partial charge < -0.3 is 20.1 Å². The minimum Gasteiger partial charge on any atom is -0.491 e. The first kappa shape index (κ1) is 19.8. The highest BCUT2D eigenvalue weighted by Crippen LogP contribution is 2.21. The van der Waals surface area contributed by atoms with E-state index in [-0.39, 0.29) is 12.5 Å². The summed E-state index contributed by atoms with van der Waals surface area (Å²) in [5, 5.41) is 6.14. The number of carbonyl (C=O) groups excluding carboxylic acids is 1. The molecule has 5 nitrogen and oxygen atoms in total. The van der Waals surface area contributed by atoms with Crippen LogP contribution in [0.25, 0.3) is 0 Å². The van der Waals surface area contributed by atoms with Crippen LogP contribution in [-0.2, 0) is 16.0 Å². The van der Waals surface area contributed by atoms with Gasteiger partial charge >= 0.3 is 0 Å². The summed E-state index contributed by atoms with van der Waals surface area (Å²) in [4.78, 5) is 12.3. The molecule has 1 amide bonds. The van der Waals surface area contributed by atoms with E-state index in [4.69, 9.17) is 9.47 Å². The quantitative estimate of drug-likeness (QED) is 0.631. The van der Waals surface area contributed by atoms with Gasteiger partial charge in [-0.05, 0) is 55.7 Å². The second-order valence-corrected chi connectivity index (χ2v) is 5.93. The lowest BCUT2D eigenvalue weighted by Crippen LogP contribution is -2.22. The van der Waals surface area contributed by atoms with Crippen molar-refractivity contribution in [3.8, 4) is 5.75 Å². The fourth-order valence-corrected chi connectivity index (χ4v) is 2.60. The third kappa shape index (κ3) is 6.08. The Kier molecular flexibility index (Phi) is 7.96. The molecule has 0 spiro atoms. The summed E-state index contributed by atoms with van der Waals surface area (Å²) < 4.78 is 10.8. The zero-order chi connectivity index (χ0) is 18.8. The molecule has 2 N–H and O–H groups in total. The molecule has 0 fully saturated rings. The summed E-state index contributed by atoms with van der Waals surface area (Å²) in [6, 6.07) is 13.6. The van der Waals surface area contributed by atoms with Gasteiger partial charge in [0.2, 0.25) is 5.91 Å². The van der Waals surface area contributed by atoms with Crippen molar-refractivity contribution in [2.45, 2.75) is 27.2 Å². The van der Waals surface area contributed by atoms with E-state index in [1.54, 1.807) is 0 Å². The number of benzene rings is 2. The maximum Gasteiger partial charge on any atom is 0.243 e. The molecule has 2 aromatic carbocycles. The molecule has 0 aliphatic rings. The van der Waals surface area contributed by atoms with Gasteiger partial charge in [-0.15, -0.1) is 0 Å². The molecule has 0 aliphatic carbocycles. The van der Waals surface area contributed by atoms with Crippen LogP contribution in [0.2, 0.25) is 0 Å². The van der Waals surface area contributed by atoms with Crippen molar-refractivity contribution >= 4 is 17.3 Å². The van der Waals surface area contributed by atoms with E-state index in [2.05, 4.69) is 17.6 Å². The van der Waals surface area contributed by atoms with Crippen molar-refractivity contribution in [2.75, 3.05) is 37.0 Å². The monoisotopic (exact) mass is 356 g/mol.